The number of ketones is 1. The molecule has 0 bridgehead atoms. The van der Waals surface area contributed by atoms with E-state index in [0.717, 1.165) is 0 Å². The Balaban J connectivity index is 4.53. The van der Waals surface area contributed by atoms with Crippen LogP contribution in [0.3, 0.4) is 0 Å². The standard InChI is InChI=1S/C15H26O4/c1-8-12(16)15(6,7)18-11(3)10-14(4,5)19-13(17)9-2/h8,11H,1,9-10H2,2-7H3. The first kappa shape index (κ1) is 17.8. The molecule has 4 nitrogen and oxygen atoms in total. The predicted octanol–water partition coefficient (Wildman–Crippen LogP) is 3.05. The second-order valence-electron chi connectivity index (χ2n) is 5.80. The van der Waals surface area contributed by atoms with Crippen LogP contribution in [0.15, 0.2) is 12.7 Å². The van der Waals surface area contributed by atoms with Crippen LogP contribution in [0, 0.1) is 0 Å². The number of hydrogen-bond donors (Lipinski definition) is 0. The molecule has 0 fully saturated rings. The third-order valence-corrected chi connectivity index (χ3v) is 2.73. The van der Waals surface area contributed by atoms with Crippen LogP contribution in [0.4, 0.5) is 0 Å². The lowest BCUT2D eigenvalue weighted by molar-refractivity contribution is -0.164. The van der Waals surface area contributed by atoms with Gasteiger partial charge in [-0.05, 0) is 40.7 Å². The third-order valence-electron chi connectivity index (χ3n) is 2.73. The van der Waals surface area contributed by atoms with Gasteiger partial charge >= 0.3 is 5.97 Å². The first-order valence-electron chi connectivity index (χ1n) is 6.60. The Bertz CT molecular complexity index is 342. The minimum atomic E-state index is -0.911. The van der Waals surface area contributed by atoms with E-state index in [-0.39, 0.29) is 17.9 Å². The molecule has 0 radical (unpaired) electrons. The van der Waals surface area contributed by atoms with E-state index in [0.29, 0.717) is 12.8 Å². The Labute approximate surface area is 116 Å². The normalized spacial score (nSPS) is 13.8. The molecular formula is C15H26O4. The summed E-state index contributed by atoms with van der Waals surface area (Å²) in [6.07, 6.45) is 1.92. The van der Waals surface area contributed by atoms with Crippen LogP contribution in [0.5, 0.6) is 0 Å². The predicted molar refractivity (Wildman–Crippen MR) is 74.9 cm³/mol. The molecule has 0 aromatic rings. The molecule has 0 heterocycles. The van der Waals surface area contributed by atoms with Gasteiger partial charge < -0.3 is 9.47 Å². The molecule has 110 valence electrons. The largest absolute Gasteiger partial charge is 0.460 e. The van der Waals surface area contributed by atoms with Gasteiger partial charge in [-0.15, -0.1) is 0 Å². The van der Waals surface area contributed by atoms with Gasteiger partial charge in [-0.1, -0.05) is 13.5 Å². The van der Waals surface area contributed by atoms with Gasteiger partial charge in [-0.2, -0.15) is 0 Å². The highest BCUT2D eigenvalue weighted by molar-refractivity contribution is 5.95. The average molecular weight is 270 g/mol. The summed E-state index contributed by atoms with van der Waals surface area (Å²) in [4.78, 5) is 22.9. The van der Waals surface area contributed by atoms with Gasteiger partial charge in [0, 0.05) is 12.8 Å². The lowest BCUT2D eigenvalue weighted by Gasteiger charge is -2.32. The summed E-state index contributed by atoms with van der Waals surface area (Å²) < 4.78 is 11.1. The fourth-order valence-electron chi connectivity index (χ4n) is 1.96. The first-order chi connectivity index (χ1) is 8.54. The molecule has 4 heteroatoms. The van der Waals surface area contributed by atoms with E-state index in [1.54, 1.807) is 20.8 Å². The van der Waals surface area contributed by atoms with E-state index in [1.165, 1.54) is 6.08 Å². The summed E-state index contributed by atoms with van der Waals surface area (Å²) in [6.45, 7) is 14.2. The van der Waals surface area contributed by atoms with Gasteiger partial charge in [0.2, 0.25) is 0 Å². The highest BCUT2D eigenvalue weighted by Crippen LogP contribution is 2.23. The minimum Gasteiger partial charge on any atom is -0.460 e. The maximum atomic E-state index is 11.6. The SMILES string of the molecule is C=CC(=O)C(C)(C)OC(C)CC(C)(C)OC(=O)CC. The van der Waals surface area contributed by atoms with Gasteiger partial charge in [0.25, 0.3) is 0 Å². The molecule has 1 unspecified atom stereocenters. The maximum absolute atomic E-state index is 11.6. The number of carbonyl (C=O) groups excluding carboxylic acids is 2. The molecule has 0 aromatic heterocycles. The summed E-state index contributed by atoms with van der Waals surface area (Å²) in [7, 11) is 0. The van der Waals surface area contributed by atoms with Crippen LogP contribution in [0.25, 0.3) is 0 Å². The zero-order valence-electron chi connectivity index (χ0n) is 12.9. The summed E-state index contributed by atoms with van der Waals surface area (Å²) in [5.41, 5.74) is -1.52. The average Bonchev–Trinajstić information content (AvgIpc) is 2.24. The summed E-state index contributed by atoms with van der Waals surface area (Å²) in [6, 6.07) is 0. The molecule has 0 aliphatic heterocycles. The molecule has 0 saturated carbocycles. The molecule has 0 saturated heterocycles. The van der Waals surface area contributed by atoms with E-state index in [1.807, 2.05) is 20.8 Å². The van der Waals surface area contributed by atoms with Gasteiger partial charge in [-0.25, -0.2) is 0 Å². The topological polar surface area (TPSA) is 52.6 Å². The number of ether oxygens (including phenoxy) is 2. The van der Waals surface area contributed by atoms with E-state index in [2.05, 4.69) is 6.58 Å². The monoisotopic (exact) mass is 270 g/mol. The van der Waals surface area contributed by atoms with Gasteiger partial charge in [0.15, 0.2) is 5.78 Å². The smallest absolute Gasteiger partial charge is 0.306 e. The van der Waals surface area contributed by atoms with Crippen LogP contribution < -0.4 is 0 Å². The molecule has 19 heavy (non-hydrogen) atoms. The Morgan fingerprint density at radius 3 is 2.21 bits per heavy atom. The van der Waals surface area contributed by atoms with Gasteiger partial charge in [0.1, 0.15) is 11.2 Å². The van der Waals surface area contributed by atoms with Crippen molar-refractivity contribution in [2.24, 2.45) is 0 Å². The van der Waals surface area contributed by atoms with E-state index in [4.69, 9.17) is 9.47 Å². The van der Waals surface area contributed by atoms with Crippen molar-refractivity contribution in [1.82, 2.24) is 0 Å². The Kier molecular flexibility index (Phi) is 6.43. The lowest BCUT2D eigenvalue weighted by Crippen LogP contribution is -2.40. The quantitative estimate of drug-likeness (QED) is 0.502. The van der Waals surface area contributed by atoms with Crippen molar-refractivity contribution in [1.29, 1.82) is 0 Å². The Hall–Kier alpha value is -1.16. The molecular weight excluding hydrogens is 244 g/mol. The van der Waals surface area contributed by atoms with E-state index < -0.39 is 11.2 Å². The summed E-state index contributed by atoms with van der Waals surface area (Å²) in [5, 5.41) is 0. The molecule has 0 aliphatic rings. The fourth-order valence-corrected chi connectivity index (χ4v) is 1.96. The molecule has 0 rings (SSSR count). The molecule has 0 aliphatic carbocycles. The second kappa shape index (κ2) is 6.85. The van der Waals surface area contributed by atoms with Crippen molar-refractivity contribution in [2.45, 2.75) is 71.7 Å². The second-order valence-corrected chi connectivity index (χ2v) is 5.80. The highest BCUT2D eigenvalue weighted by atomic mass is 16.6. The van der Waals surface area contributed by atoms with E-state index >= 15 is 0 Å². The van der Waals surface area contributed by atoms with Crippen molar-refractivity contribution in [3.05, 3.63) is 12.7 Å². The number of carbonyl (C=O) groups is 2. The number of rotatable bonds is 8. The fraction of sp³-hybridized carbons (Fsp3) is 0.733. The van der Waals surface area contributed by atoms with E-state index in [9.17, 15) is 9.59 Å². The first-order valence-corrected chi connectivity index (χ1v) is 6.60. The van der Waals surface area contributed by atoms with Crippen molar-refractivity contribution in [3.63, 3.8) is 0 Å². The Morgan fingerprint density at radius 1 is 1.26 bits per heavy atom. The van der Waals surface area contributed by atoms with Crippen molar-refractivity contribution < 1.29 is 19.1 Å². The third kappa shape index (κ3) is 6.53. The Morgan fingerprint density at radius 2 is 1.79 bits per heavy atom. The lowest BCUT2D eigenvalue weighted by atomic mass is 9.99. The molecule has 0 aromatic carbocycles. The summed E-state index contributed by atoms with van der Waals surface area (Å²) >= 11 is 0. The van der Waals surface area contributed by atoms with Gasteiger partial charge in [-0.3, -0.25) is 9.59 Å². The maximum Gasteiger partial charge on any atom is 0.306 e. The highest BCUT2D eigenvalue weighted by Gasteiger charge is 2.32. The molecule has 0 amide bonds. The van der Waals surface area contributed by atoms with Crippen LogP contribution in [-0.2, 0) is 19.1 Å². The van der Waals surface area contributed by atoms with Crippen LogP contribution in [0.2, 0.25) is 0 Å². The molecule has 0 spiro atoms. The minimum absolute atomic E-state index is 0.164. The van der Waals surface area contributed by atoms with Crippen LogP contribution >= 0.6 is 0 Å². The van der Waals surface area contributed by atoms with Crippen molar-refractivity contribution in [2.75, 3.05) is 0 Å². The summed E-state index contributed by atoms with van der Waals surface area (Å²) in [5.74, 6) is -0.402. The zero-order valence-corrected chi connectivity index (χ0v) is 12.9. The van der Waals surface area contributed by atoms with Gasteiger partial charge in [0.05, 0.1) is 6.10 Å². The molecule has 1 atom stereocenters. The van der Waals surface area contributed by atoms with Crippen LogP contribution in [0.1, 0.15) is 54.4 Å². The van der Waals surface area contributed by atoms with Crippen LogP contribution in [-0.4, -0.2) is 29.1 Å². The van der Waals surface area contributed by atoms with Crippen molar-refractivity contribution >= 4 is 11.8 Å². The van der Waals surface area contributed by atoms with Crippen molar-refractivity contribution in [3.8, 4) is 0 Å². The zero-order chi connectivity index (χ0) is 15.3. The number of hydrogen-bond acceptors (Lipinski definition) is 4. The number of esters is 1. The molecule has 0 N–H and O–H groups in total.